The van der Waals surface area contributed by atoms with Crippen LogP contribution in [0.1, 0.15) is 24.9 Å². The number of methoxy groups -OCH3 is 2. The standard InChI is InChI=1S/C16H23N3O4/c1-10(13-5-4-12(22-2)8-14(13)23-3)18-16(21)19-7-6-11(9-19)15(17)20/h4-5,8,10-11H,6-7,9H2,1-3H3,(H2,17,20)(H,18,21). The van der Waals surface area contributed by atoms with E-state index >= 15 is 0 Å². The van der Waals surface area contributed by atoms with E-state index in [0.717, 1.165) is 5.56 Å². The van der Waals surface area contributed by atoms with Crippen LogP contribution in [0, 0.1) is 5.92 Å². The Labute approximate surface area is 135 Å². The van der Waals surface area contributed by atoms with Gasteiger partial charge in [-0.1, -0.05) is 0 Å². The second-order valence-corrected chi connectivity index (χ2v) is 5.61. The van der Waals surface area contributed by atoms with Crippen molar-refractivity contribution in [3.8, 4) is 11.5 Å². The van der Waals surface area contributed by atoms with Crippen LogP contribution in [0.5, 0.6) is 11.5 Å². The lowest BCUT2D eigenvalue weighted by Crippen LogP contribution is -2.40. The van der Waals surface area contributed by atoms with Gasteiger partial charge in [-0.3, -0.25) is 4.79 Å². The van der Waals surface area contributed by atoms with Gasteiger partial charge in [-0.25, -0.2) is 4.79 Å². The van der Waals surface area contributed by atoms with Gasteiger partial charge >= 0.3 is 6.03 Å². The molecule has 2 unspecified atom stereocenters. The number of likely N-dealkylation sites (tertiary alicyclic amines) is 1. The van der Waals surface area contributed by atoms with Gasteiger partial charge in [0.05, 0.1) is 26.2 Å². The number of ether oxygens (including phenoxy) is 2. The van der Waals surface area contributed by atoms with Crippen molar-refractivity contribution in [1.82, 2.24) is 10.2 Å². The zero-order valence-electron chi connectivity index (χ0n) is 13.7. The Morgan fingerprint density at radius 2 is 2.09 bits per heavy atom. The highest BCUT2D eigenvalue weighted by Gasteiger charge is 2.30. The van der Waals surface area contributed by atoms with Gasteiger partial charge in [0.2, 0.25) is 5.91 Å². The highest BCUT2D eigenvalue weighted by Crippen LogP contribution is 2.29. The molecular weight excluding hydrogens is 298 g/mol. The first-order chi connectivity index (χ1) is 11.0. The predicted molar refractivity (Wildman–Crippen MR) is 85.4 cm³/mol. The zero-order valence-corrected chi connectivity index (χ0v) is 13.7. The van der Waals surface area contributed by atoms with Crippen LogP contribution in [0.4, 0.5) is 4.79 Å². The molecule has 3 amide bonds. The summed E-state index contributed by atoms with van der Waals surface area (Å²) in [5, 5.41) is 2.92. The molecule has 7 heteroatoms. The van der Waals surface area contributed by atoms with Gasteiger partial charge in [0.1, 0.15) is 11.5 Å². The monoisotopic (exact) mass is 321 g/mol. The molecule has 0 spiro atoms. The topological polar surface area (TPSA) is 93.9 Å². The number of amides is 3. The van der Waals surface area contributed by atoms with E-state index in [-0.39, 0.29) is 23.9 Å². The Morgan fingerprint density at radius 1 is 1.35 bits per heavy atom. The van der Waals surface area contributed by atoms with Crippen molar-refractivity contribution in [1.29, 1.82) is 0 Å². The summed E-state index contributed by atoms with van der Waals surface area (Å²) in [4.78, 5) is 25.1. The van der Waals surface area contributed by atoms with Crippen molar-refractivity contribution >= 4 is 11.9 Å². The van der Waals surface area contributed by atoms with E-state index in [9.17, 15) is 9.59 Å². The third kappa shape index (κ3) is 3.85. The molecule has 23 heavy (non-hydrogen) atoms. The van der Waals surface area contributed by atoms with Gasteiger partial charge < -0.3 is 25.4 Å². The molecule has 1 aromatic rings. The smallest absolute Gasteiger partial charge is 0.317 e. The van der Waals surface area contributed by atoms with Gasteiger partial charge in [-0.05, 0) is 25.5 Å². The fourth-order valence-electron chi connectivity index (χ4n) is 2.71. The Bertz CT molecular complexity index is 591. The molecule has 1 aliphatic heterocycles. The molecule has 0 bridgehead atoms. The first-order valence-corrected chi connectivity index (χ1v) is 7.53. The number of hydrogen-bond acceptors (Lipinski definition) is 4. The SMILES string of the molecule is COc1ccc(C(C)NC(=O)N2CCC(C(N)=O)C2)c(OC)c1. The molecule has 7 nitrogen and oxygen atoms in total. The van der Waals surface area contributed by atoms with Crippen LogP contribution in [0.15, 0.2) is 18.2 Å². The molecule has 2 atom stereocenters. The molecule has 1 heterocycles. The maximum absolute atomic E-state index is 12.3. The quantitative estimate of drug-likeness (QED) is 0.854. The van der Waals surface area contributed by atoms with Crippen LogP contribution in [-0.2, 0) is 4.79 Å². The molecule has 0 radical (unpaired) electrons. The lowest BCUT2D eigenvalue weighted by atomic mass is 10.1. The van der Waals surface area contributed by atoms with Crippen LogP contribution >= 0.6 is 0 Å². The molecule has 1 aromatic carbocycles. The number of nitrogens with one attached hydrogen (secondary N) is 1. The average molecular weight is 321 g/mol. The second kappa shape index (κ2) is 7.21. The van der Waals surface area contributed by atoms with Crippen LogP contribution in [0.25, 0.3) is 0 Å². The zero-order chi connectivity index (χ0) is 17.0. The molecule has 0 aromatic heterocycles. The summed E-state index contributed by atoms with van der Waals surface area (Å²) in [5.41, 5.74) is 6.15. The molecule has 126 valence electrons. The van der Waals surface area contributed by atoms with Crippen molar-refractivity contribution in [3.63, 3.8) is 0 Å². The summed E-state index contributed by atoms with van der Waals surface area (Å²) in [7, 11) is 3.16. The second-order valence-electron chi connectivity index (χ2n) is 5.61. The lowest BCUT2D eigenvalue weighted by Gasteiger charge is -2.22. The largest absolute Gasteiger partial charge is 0.497 e. The highest BCUT2D eigenvalue weighted by atomic mass is 16.5. The number of hydrogen-bond donors (Lipinski definition) is 2. The fourth-order valence-corrected chi connectivity index (χ4v) is 2.71. The summed E-state index contributed by atoms with van der Waals surface area (Å²) >= 11 is 0. The average Bonchev–Trinajstić information content (AvgIpc) is 3.04. The van der Waals surface area contributed by atoms with Gasteiger partial charge in [0.25, 0.3) is 0 Å². The first kappa shape index (κ1) is 16.9. The fraction of sp³-hybridized carbons (Fsp3) is 0.500. The molecule has 0 saturated carbocycles. The maximum atomic E-state index is 12.3. The van der Waals surface area contributed by atoms with Crippen LogP contribution in [0.3, 0.4) is 0 Å². The molecule has 0 aliphatic carbocycles. The normalized spacial score (nSPS) is 18.4. The molecule has 2 rings (SSSR count). The van der Waals surface area contributed by atoms with E-state index in [1.165, 1.54) is 0 Å². The van der Waals surface area contributed by atoms with E-state index in [2.05, 4.69) is 5.32 Å². The number of nitrogens with two attached hydrogens (primary N) is 1. The summed E-state index contributed by atoms with van der Waals surface area (Å²) in [6.07, 6.45) is 0.614. The van der Waals surface area contributed by atoms with E-state index < -0.39 is 0 Å². The number of carbonyl (C=O) groups excluding carboxylic acids is 2. The van der Waals surface area contributed by atoms with Crippen molar-refractivity contribution in [3.05, 3.63) is 23.8 Å². The molecule has 3 N–H and O–H groups in total. The van der Waals surface area contributed by atoms with Gasteiger partial charge in [0, 0.05) is 24.7 Å². The minimum absolute atomic E-state index is 0.209. The van der Waals surface area contributed by atoms with E-state index in [0.29, 0.717) is 31.0 Å². The number of rotatable bonds is 5. The minimum atomic E-state index is -0.356. The molecule has 1 fully saturated rings. The van der Waals surface area contributed by atoms with E-state index in [1.54, 1.807) is 25.2 Å². The van der Waals surface area contributed by atoms with Gasteiger partial charge in [-0.2, -0.15) is 0 Å². The molecule has 1 aliphatic rings. The molecule has 1 saturated heterocycles. The number of carbonyl (C=O) groups is 2. The number of primary amides is 1. The van der Waals surface area contributed by atoms with Crippen molar-refractivity contribution in [2.45, 2.75) is 19.4 Å². The van der Waals surface area contributed by atoms with Crippen molar-refractivity contribution in [2.75, 3.05) is 27.3 Å². The summed E-state index contributed by atoms with van der Waals surface area (Å²) < 4.78 is 10.5. The van der Waals surface area contributed by atoms with E-state index in [1.807, 2.05) is 19.1 Å². The maximum Gasteiger partial charge on any atom is 0.317 e. The minimum Gasteiger partial charge on any atom is -0.497 e. The Balaban J connectivity index is 2.03. The number of nitrogens with zero attached hydrogens (tertiary/aromatic N) is 1. The Kier molecular flexibility index (Phi) is 5.31. The first-order valence-electron chi connectivity index (χ1n) is 7.53. The summed E-state index contributed by atoms with van der Waals surface area (Å²) in [6.45, 7) is 2.78. The van der Waals surface area contributed by atoms with Gasteiger partial charge in [-0.15, -0.1) is 0 Å². The van der Waals surface area contributed by atoms with Crippen molar-refractivity contribution in [2.24, 2.45) is 11.7 Å². The number of benzene rings is 1. The third-order valence-corrected chi connectivity index (χ3v) is 4.12. The highest BCUT2D eigenvalue weighted by molar-refractivity contribution is 5.80. The number of urea groups is 1. The summed E-state index contributed by atoms with van der Waals surface area (Å²) in [5.74, 6) is 0.721. The third-order valence-electron chi connectivity index (χ3n) is 4.12. The predicted octanol–water partition coefficient (Wildman–Crippen LogP) is 1.28. The van der Waals surface area contributed by atoms with Crippen LogP contribution < -0.4 is 20.5 Å². The summed E-state index contributed by atoms with van der Waals surface area (Å²) in [6, 6.07) is 5.00. The van der Waals surface area contributed by atoms with Crippen molar-refractivity contribution < 1.29 is 19.1 Å². The van der Waals surface area contributed by atoms with E-state index in [4.69, 9.17) is 15.2 Å². The lowest BCUT2D eigenvalue weighted by molar-refractivity contribution is -0.121. The van der Waals surface area contributed by atoms with Crippen LogP contribution in [-0.4, -0.2) is 44.1 Å². The van der Waals surface area contributed by atoms with Crippen LogP contribution in [0.2, 0.25) is 0 Å². The Morgan fingerprint density at radius 3 is 2.65 bits per heavy atom. The molecular formula is C16H23N3O4. The van der Waals surface area contributed by atoms with Gasteiger partial charge in [0.15, 0.2) is 0 Å². The Hall–Kier alpha value is -2.44.